The van der Waals surface area contributed by atoms with Crippen molar-refractivity contribution in [3.8, 4) is 0 Å². The van der Waals surface area contributed by atoms with E-state index in [0.29, 0.717) is 25.1 Å². The molecule has 2 rings (SSSR count). The minimum atomic E-state index is -1.11. The van der Waals surface area contributed by atoms with Crippen LogP contribution in [0, 0.1) is 0 Å². The first-order chi connectivity index (χ1) is 9.16. The van der Waals surface area contributed by atoms with Crippen LogP contribution in [0.25, 0.3) is 0 Å². The quantitative estimate of drug-likeness (QED) is 0.910. The van der Waals surface area contributed by atoms with Gasteiger partial charge < -0.3 is 10.0 Å². The molecule has 110 valence electrons. The molecule has 2 heterocycles. The molecule has 1 fully saturated rings. The Bertz CT molecular complexity index is 547. The molecule has 20 heavy (non-hydrogen) atoms. The van der Waals surface area contributed by atoms with Crippen LogP contribution < -0.4 is 0 Å². The molecule has 1 aliphatic rings. The van der Waals surface area contributed by atoms with Crippen molar-refractivity contribution in [3.63, 3.8) is 0 Å². The van der Waals surface area contributed by atoms with Gasteiger partial charge in [0.05, 0.1) is 5.01 Å². The van der Waals surface area contributed by atoms with Gasteiger partial charge >= 0.3 is 5.97 Å². The second-order valence-electron chi connectivity index (χ2n) is 6.43. The number of carboxylic acids is 1. The molecule has 0 bridgehead atoms. The number of aliphatic carboxylic acids is 1. The number of aromatic nitrogens is 1. The van der Waals surface area contributed by atoms with Crippen molar-refractivity contribution in [2.45, 2.75) is 51.5 Å². The zero-order valence-electron chi connectivity index (χ0n) is 12.3. The molecular formula is C14H20N2O3S. The molecule has 1 aromatic rings. The van der Waals surface area contributed by atoms with Gasteiger partial charge in [-0.2, -0.15) is 0 Å². The van der Waals surface area contributed by atoms with Gasteiger partial charge in [-0.3, -0.25) is 4.79 Å². The zero-order valence-corrected chi connectivity index (χ0v) is 13.1. The summed E-state index contributed by atoms with van der Waals surface area (Å²) in [6, 6.07) is 0. The largest absolute Gasteiger partial charge is 0.480 e. The maximum absolute atomic E-state index is 12.5. The summed E-state index contributed by atoms with van der Waals surface area (Å²) in [5.41, 5.74) is -0.860. The smallest absolute Gasteiger partial charge is 0.329 e. The number of likely N-dealkylation sites (tertiary alicyclic amines) is 1. The summed E-state index contributed by atoms with van der Waals surface area (Å²) in [6.45, 7) is 8.20. The van der Waals surface area contributed by atoms with E-state index >= 15 is 0 Å². The molecule has 1 unspecified atom stereocenters. The minimum Gasteiger partial charge on any atom is -0.480 e. The van der Waals surface area contributed by atoms with E-state index in [1.807, 2.05) is 20.8 Å². The molecule has 0 aliphatic carbocycles. The lowest BCUT2D eigenvalue weighted by Gasteiger charge is -2.30. The lowest BCUT2D eigenvalue weighted by molar-refractivity contribution is -0.147. The Hall–Kier alpha value is -1.43. The van der Waals surface area contributed by atoms with E-state index in [-0.39, 0.29) is 11.3 Å². The second-order valence-corrected chi connectivity index (χ2v) is 7.29. The lowest BCUT2D eigenvalue weighted by atomic mass is 9.98. The number of carboxylic acid groups (broad SMARTS) is 1. The summed E-state index contributed by atoms with van der Waals surface area (Å²) in [6.07, 6.45) is 1.20. The van der Waals surface area contributed by atoms with Crippen molar-refractivity contribution < 1.29 is 14.7 Å². The lowest BCUT2D eigenvalue weighted by Crippen LogP contribution is -2.50. The Morgan fingerprint density at radius 2 is 2.10 bits per heavy atom. The monoisotopic (exact) mass is 296 g/mol. The Morgan fingerprint density at radius 3 is 2.60 bits per heavy atom. The molecule has 1 N–H and O–H groups in total. The van der Waals surface area contributed by atoms with Crippen LogP contribution in [0.1, 0.15) is 56.0 Å². The van der Waals surface area contributed by atoms with Gasteiger partial charge in [0.2, 0.25) is 0 Å². The molecule has 1 amide bonds. The van der Waals surface area contributed by atoms with Gasteiger partial charge in [-0.25, -0.2) is 9.78 Å². The number of nitrogens with zero attached hydrogens (tertiary/aromatic N) is 2. The molecule has 0 spiro atoms. The van der Waals surface area contributed by atoms with Gasteiger partial charge in [0.25, 0.3) is 5.91 Å². The highest BCUT2D eigenvalue weighted by molar-refractivity contribution is 7.10. The van der Waals surface area contributed by atoms with Crippen LogP contribution in [0.3, 0.4) is 0 Å². The molecule has 0 radical (unpaired) electrons. The summed E-state index contributed by atoms with van der Waals surface area (Å²) < 4.78 is 0. The number of rotatable bonds is 2. The maximum atomic E-state index is 12.5. The van der Waals surface area contributed by atoms with Gasteiger partial charge in [-0.05, 0) is 19.8 Å². The van der Waals surface area contributed by atoms with Crippen LogP contribution in [-0.2, 0) is 10.2 Å². The highest BCUT2D eigenvalue weighted by Crippen LogP contribution is 2.32. The highest BCUT2D eigenvalue weighted by atomic mass is 32.1. The van der Waals surface area contributed by atoms with E-state index in [1.165, 1.54) is 16.2 Å². The number of amides is 1. The average molecular weight is 296 g/mol. The predicted molar refractivity (Wildman–Crippen MR) is 77.1 cm³/mol. The van der Waals surface area contributed by atoms with E-state index in [0.717, 1.165) is 5.01 Å². The molecule has 0 saturated carbocycles. The van der Waals surface area contributed by atoms with Crippen LogP contribution in [0.5, 0.6) is 0 Å². The highest BCUT2D eigenvalue weighted by Gasteiger charge is 2.46. The molecule has 1 aromatic heterocycles. The molecule has 0 aromatic carbocycles. The maximum Gasteiger partial charge on any atom is 0.329 e. The van der Waals surface area contributed by atoms with Gasteiger partial charge in [0.1, 0.15) is 11.2 Å². The van der Waals surface area contributed by atoms with Crippen molar-refractivity contribution in [3.05, 3.63) is 16.1 Å². The Labute approximate surface area is 122 Å². The Morgan fingerprint density at radius 1 is 1.45 bits per heavy atom. The van der Waals surface area contributed by atoms with Crippen LogP contribution in [0.4, 0.5) is 0 Å². The number of carbonyl (C=O) groups excluding carboxylic acids is 1. The molecule has 1 saturated heterocycles. The third-order valence-corrected chi connectivity index (χ3v) is 4.98. The third kappa shape index (κ3) is 2.44. The van der Waals surface area contributed by atoms with E-state index in [4.69, 9.17) is 0 Å². The molecule has 1 aliphatic heterocycles. The fourth-order valence-corrected chi connectivity index (χ4v) is 3.25. The number of hydrogen-bond donors (Lipinski definition) is 1. The van der Waals surface area contributed by atoms with Crippen molar-refractivity contribution in [1.82, 2.24) is 9.88 Å². The number of carbonyl (C=O) groups is 2. The summed E-state index contributed by atoms with van der Waals surface area (Å²) in [4.78, 5) is 29.8. The fourth-order valence-electron chi connectivity index (χ4n) is 2.37. The number of hydrogen-bond acceptors (Lipinski definition) is 4. The fraction of sp³-hybridized carbons (Fsp3) is 0.643. The summed E-state index contributed by atoms with van der Waals surface area (Å²) in [5.74, 6) is -1.23. The van der Waals surface area contributed by atoms with E-state index < -0.39 is 11.5 Å². The third-order valence-electron chi connectivity index (χ3n) is 3.71. The van der Waals surface area contributed by atoms with Gasteiger partial charge in [0.15, 0.2) is 0 Å². The van der Waals surface area contributed by atoms with E-state index in [2.05, 4.69) is 4.98 Å². The van der Waals surface area contributed by atoms with Crippen LogP contribution >= 0.6 is 11.3 Å². The van der Waals surface area contributed by atoms with E-state index in [1.54, 1.807) is 12.3 Å². The molecule has 5 nitrogen and oxygen atoms in total. The molecule has 6 heteroatoms. The summed E-state index contributed by atoms with van der Waals surface area (Å²) in [7, 11) is 0. The normalized spacial score (nSPS) is 23.1. The Kier molecular flexibility index (Phi) is 3.62. The Balaban J connectivity index is 2.28. The van der Waals surface area contributed by atoms with Crippen LogP contribution in [0.15, 0.2) is 5.38 Å². The minimum absolute atomic E-state index is 0.107. The van der Waals surface area contributed by atoms with Gasteiger partial charge in [-0.15, -0.1) is 11.3 Å². The van der Waals surface area contributed by atoms with Crippen molar-refractivity contribution >= 4 is 23.2 Å². The SMILES string of the molecule is CC(C)(C)c1nc(C(=O)N2CCCC2(C)C(=O)O)cs1. The standard InChI is InChI=1S/C14H20N2O3S/c1-13(2,3)11-15-9(8-20-11)10(17)16-7-5-6-14(16,4)12(18)19/h8H,5-7H2,1-4H3,(H,18,19). The first-order valence-electron chi connectivity index (χ1n) is 6.67. The average Bonchev–Trinajstić information content (AvgIpc) is 2.94. The zero-order chi connectivity index (χ0) is 15.1. The molecular weight excluding hydrogens is 276 g/mol. The predicted octanol–water partition coefficient (Wildman–Crippen LogP) is 2.52. The first-order valence-corrected chi connectivity index (χ1v) is 7.55. The first kappa shape index (κ1) is 15.0. The van der Waals surface area contributed by atoms with Crippen molar-refractivity contribution in [1.29, 1.82) is 0 Å². The van der Waals surface area contributed by atoms with Crippen LogP contribution in [-0.4, -0.2) is 39.0 Å². The second kappa shape index (κ2) is 4.84. The number of thiazole rings is 1. The summed E-state index contributed by atoms with van der Waals surface area (Å²) in [5, 5.41) is 12.0. The van der Waals surface area contributed by atoms with Crippen LogP contribution in [0.2, 0.25) is 0 Å². The molecule has 1 atom stereocenters. The topological polar surface area (TPSA) is 70.5 Å². The van der Waals surface area contributed by atoms with Gasteiger partial charge in [0, 0.05) is 17.3 Å². The van der Waals surface area contributed by atoms with Gasteiger partial charge in [-0.1, -0.05) is 20.8 Å². The summed E-state index contributed by atoms with van der Waals surface area (Å²) >= 11 is 1.45. The van der Waals surface area contributed by atoms with Crippen molar-refractivity contribution in [2.75, 3.05) is 6.54 Å². The van der Waals surface area contributed by atoms with E-state index in [9.17, 15) is 14.7 Å². The van der Waals surface area contributed by atoms with Crippen molar-refractivity contribution in [2.24, 2.45) is 0 Å².